The standard InChI is InChI=1S/C19H22FN3O2/c1-14-8-17(20)3-2-16(14)10-19(24)23-6-7-25-12-15(11-23)9-18-4-5-21-13-22-18/h2-5,8,13,15H,6-7,9-12H2,1H3/t15-/m0/s1. The van der Waals surface area contributed by atoms with E-state index in [0.29, 0.717) is 26.3 Å². The first kappa shape index (κ1) is 17.5. The highest BCUT2D eigenvalue weighted by Gasteiger charge is 2.23. The molecule has 0 N–H and O–H groups in total. The van der Waals surface area contributed by atoms with Gasteiger partial charge in [-0.1, -0.05) is 6.07 Å². The van der Waals surface area contributed by atoms with Gasteiger partial charge < -0.3 is 9.64 Å². The first-order valence-corrected chi connectivity index (χ1v) is 8.47. The molecule has 1 aliphatic heterocycles. The minimum atomic E-state index is -0.276. The van der Waals surface area contributed by atoms with Crippen LogP contribution >= 0.6 is 0 Å². The van der Waals surface area contributed by atoms with Crippen LogP contribution in [-0.2, 0) is 22.4 Å². The van der Waals surface area contributed by atoms with E-state index < -0.39 is 0 Å². The maximum Gasteiger partial charge on any atom is 0.227 e. The fourth-order valence-corrected chi connectivity index (χ4v) is 3.10. The lowest BCUT2D eigenvalue weighted by Gasteiger charge is -2.24. The van der Waals surface area contributed by atoms with Crippen molar-refractivity contribution in [1.29, 1.82) is 0 Å². The van der Waals surface area contributed by atoms with Crippen molar-refractivity contribution in [1.82, 2.24) is 14.9 Å². The van der Waals surface area contributed by atoms with Crippen LogP contribution in [-0.4, -0.2) is 47.1 Å². The summed E-state index contributed by atoms with van der Waals surface area (Å²) in [6.07, 6.45) is 4.29. The van der Waals surface area contributed by atoms with Gasteiger partial charge in [0, 0.05) is 30.9 Å². The Balaban J connectivity index is 1.64. The lowest BCUT2D eigenvalue weighted by molar-refractivity contribution is -0.130. The molecule has 1 fully saturated rings. The largest absolute Gasteiger partial charge is 0.379 e. The van der Waals surface area contributed by atoms with Crippen molar-refractivity contribution in [3.63, 3.8) is 0 Å². The molecule has 25 heavy (non-hydrogen) atoms. The number of nitrogens with zero attached hydrogens (tertiary/aromatic N) is 3. The van der Waals surface area contributed by atoms with Crippen molar-refractivity contribution in [3.05, 3.63) is 59.4 Å². The molecule has 1 atom stereocenters. The van der Waals surface area contributed by atoms with E-state index in [4.69, 9.17) is 4.74 Å². The number of hydrogen-bond acceptors (Lipinski definition) is 4. The third kappa shape index (κ3) is 4.82. The van der Waals surface area contributed by atoms with Crippen LogP contribution in [0.25, 0.3) is 0 Å². The second-order valence-electron chi connectivity index (χ2n) is 6.43. The summed E-state index contributed by atoms with van der Waals surface area (Å²) in [7, 11) is 0. The Bertz CT molecular complexity index is 724. The van der Waals surface area contributed by atoms with Gasteiger partial charge in [-0.15, -0.1) is 0 Å². The molecule has 0 saturated carbocycles. The van der Waals surface area contributed by atoms with E-state index in [2.05, 4.69) is 9.97 Å². The van der Waals surface area contributed by atoms with Gasteiger partial charge in [-0.2, -0.15) is 0 Å². The molecule has 0 spiro atoms. The molecule has 0 aliphatic carbocycles. The predicted octanol–water partition coefficient (Wildman–Crippen LogP) is 2.18. The summed E-state index contributed by atoms with van der Waals surface area (Å²) in [5.74, 6) is -0.0228. The highest BCUT2D eigenvalue weighted by molar-refractivity contribution is 5.79. The van der Waals surface area contributed by atoms with Crippen molar-refractivity contribution >= 4 is 5.91 Å². The predicted molar refractivity (Wildman–Crippen MR) is 91.5 cm³/mol. The molecule has 1 aromatic heterocycles. The number of carbonyl (C=O) groups is 1. The number of halogens is 1. The van der Waals surface area contributed by atoms with Gasteiger partial charge in [0.1, 0.15) is 12.1 Å². The van der Waals surface area contributed by atoms with Crippen molar-refractivity contribution in [3.8, 4) is 0 Å². The number of aryl methyl sites for hydroxylation is 1. The second-order valence-corrected chi connectivity index (χ2v) is 6.43. The molecule has 1 aromatic carbocycles. The van der Waals surface area contributed by atoms with E-state index in [1.54, 1.807) is 12.3 Å². The molecule has 1 aliphatic rings. The molecule has 2 heterocycles. The highest BCUT2D eigenvalue weighted by atomic mass is 19.1. The number of benzene rings is 1. The average Bonchev–Trinajstić information content (AvgIpc) is 2.84. The zero-order chi connectivity index (χ0) is 17.6. The summed E-state index contributed by atoms with van der Waals surface area (Å²) >= 11 is 0. The van der Waals surface area contributed by atoms with Crippen molar-refractivity contribution in [2.75, 3.05) is 26.3 Å². The third-order valence-electron chi connectivity index (χ3n) is 4.48. The van der Waals surface area contributed by atoms with Crippen LogP contribution in [0.1, 0.15) is 16.8 Å². The summed E-state index contributed by atoms with van der Waals surface area (Å²) in [6.45, 7) is 4.20. The van der Waals surface area contributed by atoms with Crippen LogP contribution in [0.2, 0.25) is 0 Å². The topological polar surface area (TPSA) is 55.3 Å². The Morgan fingerprint density at radius 2 is 2.28 bits per heavy atom. The Kier molecular flexibility index (Phi) is 5.71. The van der Waals surface area contributed by atoms with Gasteiger partial charge in [0.05, 0.1) is 19.6 Å². The summed E-state index contributed by atoms with van der Waals surface area (Å²) in [6, 6.07) is 6.44. The minimum absolute atomic E-state index is 0.0490. The Morgan fingerprint density at radius 1 is 1.40 bits per heavy atom. The second kappa shape index (κ2) is 8.16. The number of ether oxygens (including phenoxy) is 1. The highest BCUT2D eigenvalue weighted by Crippen LogP contribution is 2.16. The molecule has 3 rings (SSSR count). The molecule has 0 bridgehead atoms. The van der Waals surface area contributed by atoms with E-state index in [1.165, 1.54) is 18.5 Å². The Hall–Kier alpha value is -2.34. The molecule has 0 radical (unpaired) electrons. The normalized spacial score (nSPS) is 18.0. The van der Waals surface area contributed by atoms with Gasteiger partial charge in [-0.05, 0) is 42.7 Å². The van der Waals surface area contributed by atoms with Gasteiger partial charge in [0.15, 0.2) is 0 Å². The number of carbonyl (C=O) groups excluding carboxylic acids is 1. The van der Waals surface area contributed by atoms with E-state index in [0.717, 1.165) is 23.2 Å². The van der Waals surface area contributed by atoms with Gasteiger partial charge in [0.2, 0.25) is 5.91 Å². The van der Waals surface area contributed by atoms with Gasteiger partial charge in [0.25, 0.3) is 0 Å². The Labute approximate surface area is 146 Å². The molecule has 0 unspecified atom stereocenters. The van der Waals surface area contributed by atoms with Gasteiger partial charge >= 0.3 is 0 Å². The fraction of sp³-hybridized carbons (Fsp3) is 0.421. The summed E-state index contributed by atoms with van der Waals surface area (Å²) in [5.41, 5.74) is 2.62. The van der Waals surface area contributed by atoms with Crippen LogP contribution in [0.5, 0.6) is 0 Å². The maximum absolute atomic E-state index is 13.2. The smallest absolute Gasteiger partial charge is 0.227 e. The monoisotopic (exact) mass is 343 g/mol. The molecule has 132 valence electrons. The number of hydrogen-bond donors (Lipinski definition) is 0. The lowest BCUT2D eigenvalue weighted by Crippen LogP contribution is -2.37. The third-order valence-corrected chi connectivity index (χ3v) is 4.48. The van der Waals surface area contributed by atoms with Gasteiger partial charge in [-0.3, -0.25) is 4.79 Å². The van der Waals surface area contributed by atoms with E-state index >= 15 is 0 Å². The lowest BCUT2D eigenvalue weighted by atomic mass is 10.0. The van der Waals surface area contributed by atoms with E-state index in [-0.39, 0.29) is 24.1 Å². The van der Waals surface area contributed by atoms with Crippen LogP contribution in [0, 0.1) is 18.7 Å². The van der Waals surface area contributed by atoms with E-state index in [1.807, 2.05) is 17.9 Å². The SMILES string of the molecule is Cc1cc(F)ccc1CC(=O)N1CCOC[C@@H](Cc2ccncn2)C1. The zero-order valence-corrected chi connectivity index (χ0v) is 14.3. The molecule has 6 heteroatoms. The zero-order valence-electron chi connectivity index (χ0n) is 14.3. The van der Waals surface area contributed by atoms with Crippen LogP contribution in [0.3, 0.4) is 0 Å². The number of aromatic nitrogens is 2. The van der Waals surface area contributed by atoms with Crippen LogP contribution < -0.4 is 0 Å². The summed E-state index contributed by atoms with van der Waals surface area (Å²) in [4.78, 5) is 22.7. The van der Waals surface area contributed by atoms with Crippen molar-refractivity contribution in [2.24, 2.45) is 5.92 Å². The number of amides is 1. The molecule has 5 nitrogen and oxygen atoms in total. The van der Waals surface area contributed by atoms with Crippen LogP contribution in [0.15, 0.2) is 36.8 Å². The maximum atomic E-state index is 13.2. The first-order chi connectivity index (χ1) is 12.1. The van der Waals surface area contributed by atoms with Gasteiger partial charge in [-0.25, -0.2) is 14.4 Å². The van der Waals surface area contributed by atoms with Crippen LogP contribution in [0.4, 0.5) is 4.39 Å². The van der Waals surface area contributed by atoms with Crippen molar-refractivity contribution < 1.29 is 13.9 Å². The first-order valence-electron chi connectivity index (χ1n) is 8.47. The minimum Gasteiger partial charge on any atom is -0.379 e. The quantitative estimate of drug-likeness (QED) is 0.854. The number of rotatable bonds is 4. The Morgan fingerprint density at radius 3 is 3.04 bits per heavy atom. The molecule has 2 aromatic rings. The van der Waals surface area contributed by atoms with E-state index in [9.17, 15) is 9.18 Å². The fourth-order valence-electron chi connectivity index (χ4n) is 3.10. The summed E-state index contributed by atoms with van der Waals surface area (Å²) < 4.78 is 18.9. The average molecular weight is 343 g/mol. The molecule has 1 saturated heterocycles. The van der Waals surface area contributed by atoms with Crippen molar-refractivity contribution in [2.45, 2.75) is 19.8 Å². The molecule has 1 amide bonds. The molecular weight excluding hydrogens is 321 g/mol. The molecular formula is C19H22FN3O2. The summed E-state index contributed by atoms with van der Waals surface area (Å²) in [5, 5.41) is 0.